The number of hydrogen-bond acceptors (Lipinski definition) is 7. The number of ether oxygens (including phenoxy) is 2. The first kappa shape index (κ1) is 37.8. The summed E-state index contributed by atoms with van der Waals surface area (Å²) >= 11 is 0. The van der Waals surface area contributed by atoms with Gasteiger partial charge >= 0.3 is 0 Å². The van der Waals surface area contributed by atoms with Gasteiger partial charge in [0.05, 0.1) is 37.2 Å². The van der Waals surface area contributed by atoms with Crippen LogP contribution in [0.5, 0.6) is 17.2 Å². The number of carbonyl (C=O) groups is 4. The Balaban J connectivity index is 1.13. The van der Waals surface area contributed by atoms with Crippen molar-refractivity contribution >= 4 is 46.8 Å². The quantitative estimate of drug-likeness (QED) is 0.0952. The highest BCUT2D eigenvalue weighted by Gasteiger charge is 2.66. The summed E-state index contributed by atoms with van der Waals surface area (Å²) in [4.78, 5) is 61.0. The number of hydrogen-bond donors (Lipinski definition) is 1. The lowest BCUT2D eigenvalue weighted by Crippen LogP contribution is -2.58. The maximum absolute atomic E-state index is 15.2. The molecule has 0 radical (unpaired) electrons. The lowest BCUT2D eigenvalue weighted by Gasteiger charge is -2.55. The van der Waals surface area contributed by atoms with E-state index in [1.54, 1.807) is 26.4 Å². The van der Waals surface area contributed by atoms with Crippen molar-refractivity contribution in [2.45, 2.75) is 31.1 Å². The Morgan fingerprint density at radius 3 is 2.20 bits per heavy atom. The fraction of sp³-hybridized carbons (Fsp3) is 0.216. The number of aromatic hydroxyl groups is 1. The number of amides is 2. The molecule has 2 fully saturated rings. The van der Waals surface area contributed by atoms with Crippen molar-refractivity contribution in [2.24, 2.45) is 23.7 Å². The molecule has 2 amide bonds. The zero-order chi connectivity index (χ0) is 41.0. The number of phenols is 1. The minimum atomic E-state index is -1.42. The number of para-hydroxylation sites is 1. The van der Waals surface area contributed by atoms with Crippen LogP contribution in [0.2, 0.25) is 0 Å². The van der Waals surface area contributed by atoms with Crippen LogP contribution in [0.4, 0.5) is 5.69 Å². The molecule has 1 saturated carbocycles. The predicted octanol–water partition coefficient (Wildman–Crippen LogP) is 8.92. The van der Waals surface area contributed by atoms with Crippen LogP contribution in [0, 0.1) is 30.6 Å². The zero-order valence-electron chi connectivity index (χ0n) is 33.0. The molecule has 5 aromatic carbocycles. The van der Waals surface area contributed by atoms with Gasteiger partial charge in [0.25, 0.3) is 0 Å². The summed E-state index contributed by atoms with van der Waals surface area (Å²) in [6, 6.07) is 36.9. The molecule has 294 valence electrons. The van der Waals surface area contributed by atoms with Gasteiger partial charge in [-0.15, -0.1) is 0 Å². The van der Waals surface area contributed by atoms with Gasteiger partial charge in [-0.2, -0.15) is 0 Å². The van der Waals surface area contributed by atoms with E-state index in [0.29, 0.717) is 45.0 Å². The minimum Gasteiger partial charge on any atom is -0.507 e. The monoisotopic (exact) mass is 781 g/mol. The van der Waals surface area contributed by atoms with Crippen molar-refractivity contribution < 1.29 is 33.8 Å². The smallest absolute Gasteiger partial charge is 0.238 e. The first-order valence-corrected chi connectivity index (χ1v) is 19.9. The largest absolute Gasteiger partial charge is 0.507 e. The molecule has 8 heteroatoms. The Hall–Kier alpha value is -6.80. The molecule has 1 aliphatic heterocycles. The van der Waals surface area contributed by atoms with Crippen LogP contribution >= 0.6 is 0 Å². The lowest BCUT2D eigenvalue weighted by atomic mass is 9.44. The maximum Gasteiger partial charge on any atom is 0.238 e. The third kappa shape index (κ3) is 5.96. The van der Waals surface area contributed by atoms with E-state index in [1.165, 1.54) is 11.0 Å². The number of aryl methyl sites for hydroxylation is 1. The molecule has 0 aromatic heterocycles. The Morgan fingerprint density at radius 1 is 0.763 bits per heavy atom. The standard InChI is InChI=1S/C51H43NO7/c1-30-11-10-16-39(47(30)54)46-37-24-25-38-45(50(57)52(49(38)56)35-21-18-31(19-22-35)17-20-33-27-36(58-2)23-26-43(33)59-3)41(37)28-42-48(55)40(32-12-6-4-7-13-32)29-44(53)51(42,46)34-14-8-5-9-15-34/h4-24,26-27,29,38,41-42,45-46,54H,25,28H2,1-3H3/t38-,41+,42-,45-,46+,51-/m0/s1. The number of imide groups is 1. The van der Waals surface area contributed by atoms with Crippen molar-refractivity contribution in [1.29, 1.82) is 0 Å². The Kier molecular flexibility index (Phi) is 9.51. The molecule has 3 aliphatic carbocycles. The van der Waals surface area contributed by atoms with Crippen molar-refractivity contribution in [3.63, 3.8) is 0 Å². The molecule has 6 atom stereocenters. The lowest BCUT2D eigenvalue weighted by molar-refractivity contribution is -0.135. The number of anilines is 1. The Bertz CT molecular complexity index is 2610. The Labute approximate surface area is 343 Å². The van der Waals surface area contributed by atoms with E-state index in [4.69, 9.17) is 9.47 Å². The molecule has 5 aromatic rings. The van der Waals surface area contributed by atoms with E-state index < -0.39 is 35.0 Å². The summed E-state index contributed by atoms with van der Waals surface area (Å²) in [7, 11) is 3.22. The normalized spacial score (nSPS) is 24.9. The average molecular weight is 782 g/mol. The summed E-state index contributed by atoms with van der Waals surface area (Å²) in [6.45, 7) is 1.81. The van der Waals surface area contributed by atoms with Crippen molar-refractivity contribution in [2.75, 3.05) is 19.1 Å². The SMILES string of the molecule is COc1ccc(OC)c(C=Cc2ccc(N3C(=O)[C@H]4[C@H](CC=C5[C@H]4C[C@H]4C(=O)C(c6ccccc6)=CC(=O)[C@@]4(c4ccccc4)[C@H]5c4cccc(C)c4O)C3=O)cc2)c1. The molecule has 8 nitrogen and oxygen atoms in total. The minimum absolute atomic E-state index is 0.0442. The van der Waals surface area contributed by atoms with Crippen LogP contribution in [0.15, 0.2) is 139 Å². The highest BCUT2D eigenvalue weighted by atomic mass is 16.5. The summed E-state index contributed by atoms with van der Waals surface area (Å²) in [5, 5.41) is 11.8. The van der Waals surface area contributed by atoms with Gasteiger partial charge in [-0.3, -0.25) is 24.1 Å². The van der Waals surface area contributed by atoms with Crippen LogP contribution in [-0.2, 0) is 24.6 Å². The van der Waals surface area contributed by atoms with Gasteiger partial charge in [-0.1, -0.05) is 115 Å². The molecule has 0 spiro atoms. The van der Waals surface area contributed by atoms with Crippen LogP contribution in [0.3, 0.4) is 0 Å². The number of benzene rings is 5. The third-order valence-corrected chi connectivity index (χ3v) is 13.0. The second-order valence-corrected chi connectivity index (χ2v) is 15.8. The number of allylic oxidation sites excluding steroid dienone is 4. The van der Waals surface area contributed by atoms with E-state index in [2.05, 4.69) is 0 Å². The first-order chi connectivity index (χ1) is 28.7. The predicted molar refractivity (Wildman–Crippen MR) is 227 cm³/mol. The third-order valence-electron chi connectivity index (χ3n) is 13.0. The highest BCUT2D eigenvalue weighted by molar-refractivity contribution is 6.32. The molecule has 1 saturated heterocycles. The van der Waals surface area contributed by atoms with Gasteiger partial charge in [-0.05, 0) is 84.3 Å². The number of ketones is 2. The van der Waals surface area contributed by atoms with Gasteiger partial charge in [-0.25, -0.2) is 0 Å². The topological polar surface area (TPSA) is 110 Å². The second kappa shape index (κ2) is 14.9. The van der Waals surface area contributed by atoms with E-state index in [-0.39, 0.29) is 42.0 Å². The maximum atomic E-state index is 15.2. The van der Waals surface area contributed by atoms with E-state index in [1.807, 2.05) is 134 Å². The first-order valence-electron chi connectivity index (χ1n) is 19.9. The molecule has 9 rings (SSSR count). The van der Waals surface area contributed by atoms with E-state index >= 15 is 9.59 Å². The van der Waals surface area contributed by atoms with E-state index in [0.717, 1.165) is 16.7 Å². The molecule has 4 aliphatic rings. The van der Waals surface area contributed by atoms with Crippen LogP contribution in [0.1, 0.15) is 52.1 Å². The number of Topliss-reactive ketones (excluding diaryl/α,β-unsaturated/α-hetero) is 1. The number of rotatable bonds is 8. The number of carbonyl (C=O) groups excluding carboxylic acids is 4. The molecule has 1 heterocycles. The number of methoxy groups -OCH3 is 2. The molecule has 0 bridgehead atoms. The fourth-order valence-corrected chi connectivity index (χ4v) is 10.3. The summed E-state index contributed by atoms with van der Waals surface area (Å²) in [5.41, 5.74) is 4.34. The second-order valence-electron chi connectivity index (χ2n) is 15.8. The highest BCUT2D eigenvalue weighted by Crippen LogP contribution is 2.64. The Morgan fingerprint density at radius 2 is 1.49 bits per heavy atom. The van der Waals surface area contributed by atoms with Crippen LogP contribution in [-0.4, -0.2) is 42.7 Å². The van der Waals surface area contributed by atoms with Crippen molar-refractivity contribution in [3.05, 3.63) is 172 Å². The van der Waals surface area contributed by atoms with Gasteiger partial charge < -0.3 is 14.6 Å². The number of fused-ring (bicyclic) bond motifs is 4. The van der Waals surface area contributed by atoms with Crippen molar-refractivity contribution in [1.82, 2.24) is 0 Å². The van der Waals surface area contributed by atoms with Crippen molar-refractivity contribution in [3.8, 4) is 17.2 Å². The van der Waals surface area contributed by atoms with Crippen LogP contribution < -0.4 is 14.4 Å². The molecular weight excluding hydrogens is 739 g/mol. The number of phenolic OH excluding ortho intramolecular Hbond substituents is 1. The fourth-order valence-electron chi connectivity index (χ4n) is 10.3. The zero-order valence-corrected chi connectivity index (χ0v) is 33.0. The number of nitrogens with zero attached hydrogens (tertiary/aromatic N) is 1. The van der Waals surface area contributed by atoms with Crippen LogP contribution in [0.25, 0.3) is 17.7 Å². The molecule has 1 N–H and O–H groups in total. The molecular formula is C51H43NO7. The van der Waals surface area contributed by atoms with Gasteiger partial charge in [0, 0.05) is 28.5 Å². The van der Waals surface area contributed by atoms with Gasteiger partial charge in [0.1, 0.15) is 17.2 Å². The van der Waals surface area contributed by atoms with Gasteiger partial charge in [0.15, 0.2) is 11.6 Å². The van der Waals surface area contributed by atoms with E-state index in [9.17, 15) is 14.7 Å². The summed E-state index contributed by atoms with van der Waals surface area (Å²) in [5.74, 6) is -3.24. The molecule has 59 heavy (non-hydrogen) atoms. The molecule has 0 unspecified atom stereocenters. The summed E-state index contributed by atoms with van der Waals surface area (Å²) < 4.78 is 10.9. The summed E-state index contributed by atoms with van der Waals surface area (Å²) in [6.07, 6.45) is 7.82. The van der Waals surface area contributed by atoms with Gasteiger partial charge in [0.2, 0.25) is 11.8 Å². The average Bonchev–Trinajstić information content (AvgIpc) is 3.53.